The van der Waals surface area contributed by atoms with E-state index in [0.717, 1.165) is 44.0 Å². The van der Waals surface area contributed by atoms with Crippen LogP contribution in [0.3, 0.4) is 0 Å². The van der Waals surface area contributed by atoms with Crippen molar-refractivity contribution in [1.82, 2.24) is 9.97 Å². The van der Waals surface area contributed by atoms with Crippen molar-refractivity contribution >= 4 is 17.4 Å². The topological polar surface area (TPSA) is 38.2 Å². The predicted molar refractivity (Wildman–Crippen MR) is 68.4 cm³/mol. The molecule has 1 aromatic rings. The Kier molecular flexibility index (Phi) is 4.57. The van der Waals surface area contributed by atoms with Gasteiger partial charge in [0, 0.05) is 26.8 Å². The number of halogens is 1. The molecule has 0 bridgehead atoms. The highest BCUT2D eigenvalue weighted by Crippen LogP contribution is 2.21. The van der Waals surface area contributed by atoms with Gasteiger partial charge in [-0.15, -0.1) is 11.6 Å². The summed E-state index contributed by atoms with van der Waals surface area (Å²) < 4.78 is 5.19. The maximum Gasteiger partial charge on any atom is 0.147 e. The Bertz CT molecular complexity index is 336. The zero-order valence-corrected chi connectivity index (χ0v) is 10.9. The van der Waals surface area contributed by atoms with E-state index in [0.29, 0.717) is 11.8 Å². The smallest absolute Gasteiger partial charge is 0.147 e. The maximum atomic E-state index is 5.69. The molecule has 94 valence electrons. The summed E-state index contributed by atoms with van der Waals surface area (Å²) in [5.41, 5.74) is 0.824. The van der Waals surface area contributed by atoms with Crippen molar-refractivity contribution in [3.8, 4) is 0 Å². The number of alkyl halides is 1. The molecule has 4 nitrogen and oxygen atoms in total. The summed E-state index contributed by atoms with van der Waals surface area (Å²) in [6.07, 6.45) is 5.89. The summed E-state index contributed by atoms with van der Waals surface area (Å²) in [7, 11) is 1.77. The highest BCUT2D eigenvalue weighted by molar-refractivity contribution is 6.16. The summed E-state index contributed by atoms with van der Waals surface area (Å²) >= 11 is 5.69. The Morgan fingerprint density at radius 3 is 2.65 bits per heavy atom. The standard InChI is InChI=1S/C12H18ClN3O/c1-17-9-10-2-4-16(5-3-10)12-8-14-11(6-13)7-15-12/h7-8,10H,2-6,9H2,1H3. The highest BCUT2D eigenvalue weighted by Gasteiger charge is 2.19. The van der Waals surface area contributed by atoms with Gasteiger partial charge in [0.15, 0.2) is 0 Å². The van der Waals surface area contributed by atoms with Crippen LogP contribution in [-0.2, 0) is 10.6 Å². The Hall–Kier alpha value is -0.870. The van der Waals surface area contributed by atoms with Crippen molar-refractivity contribution in [3.05, 3.63) is 18.1 Å². The molecule has 0 N–H and O–H groups in total. The molecular formula is C12H18ClN3O. The van der Waals surface area contributed by atoms with Gasteiger partial charge in [-0.05, 0) is 18.8 Å². The zero-order valence-electron chi connectivity index (χ0n) is 10.1. The molecule has 0 radical (unpaired) electrons. The molecule has 0 aromatic carbocycles. The van der Waals surface area contributed by atoms with Gasteiger partial charge < -0.3 is 9.64 Å². The van der Waals surface area contributed by atoms with Crippen LogP contribution in [-0.4, -0.2) is 36.8 Å². The fourth-order valence-corrected chi connectivity index (χ4v) is 2.28. The van der Waals surface area contributed by atoms with E-state index < -0.39 is 0 Å². The van der Waals surface area contributed by atoms with Gasteiger partial charge in [-0.1, -0.05) is 0 Å². The largest absolute Gasteiger partial charge is 0.384 e. The lowest BCUT2D eigenvalue weighted by Gasteiger charge is -2.32. The van der Waals surface area contributed by atoms with Crippen molar-refractivity contribution in [2.24, 2.45) is 5.92 Å². The van der Waals surface area contributed by atoms with Gasteiger partial charge in [-0.2, -0.15) is 0 Å². The van der Waals surface area contributed by atoms with E-state index in [1.165, 1.54) is 0 Å². The SMILES string of the molecule is COCC1CCN(c2cnc(CCl)cn2)CC1. The Morgan fingerprint density at radius 2 is 2.12 bits per heavy atom. The van der Waals surface area contributed by atoms with Crippen molar-refractivity contribution in [3.63, 3.8) is 0 Å². The van der Waals surface area contributed by atoms with E-state index in [4.69, 9.17) is 16.3 Å². The van der Waals surface area contributed by atoms with Crippen LogP contribution in [0.25, 0.3) is 0 Å². The Labute approximate surface area is 107 Å². The van der Waals surface area contributed by atoms with Gasteiger partial charge in [-0.3, -0.25) is 4.98 Å². The lowest BCUT2D eigenvalue weighted by molar-refractivity contribution is 0.139. The molecule has 0 atom stereocenters. The molecule has 1 aliphatic rings. The molecule has 17 heavy (non-hydrogen) atoms. The number of methoxy groups -OCH3 is 1. The van der Waals surface area contributed by atoms with E-state index in [-0.39, 0.29) is 0 Å². The molecule has 0 aliphatic carbocycles. The van der Waals surface area contributed by atoms with Crippen LogP contribution < -0.4 is 4.90 Å². The third-order valence-electron chi connectivity index (χ3n) is 3.17. The number of rotatable bonds is 4. The van der Waals surface area contributed by atoms with Crippen molar-refractivity contribution in [2.75, 3.05) is 31.7 Å². The number of piperidine rings is 1. The average Bonchev–Trinajstić information content (AvgIpc) is 2.40. The minimum absolute atomic E-state index is 0.420. The van der Waals surface area contributed by atoms with Crippen LogP contribution in [0, 0.1) is 5.92 Å². The van der Waals surface area contributed by atoms with Crippen LogP contribution in [0.2, 0.25) is 0 Å². The fourth-order valence-electron chi connectivity index (χ4n) is 2.14. The normalized spacial score (nSPS) is 17.4. The third kappa shape index (κ3) is 3.30. The van der Waals surface area contributed by atoms with Gasteiger partial charge >= 0.3 is 0 Å². The van der Waals surface area contributed by atoms with Crippen LogP contribution in [0.1, 0.15) is 18.5 Å². The Balaban J connectivity index is 1.91. The molecule has 0 saturated carbocycles. The molecule has 0 amide bonds. The van der Waals surface area contributed by atoms with E-state index in [9.17, 15) is 0 Å². The molecule has 2 heterocycles. The van der Waals surface area contributed by atoms with Crippen LogP contribution in [0.5, 0.6) is 0 Å². The summed E-state index contributed by atoms with van der Waals surface area (Å²) in [5.74, 6) is 2.06. The van der Waals surface area contributed by atoms with Gasteiger partial charge in [0.25, 0.3) is 0 Å². The van der Waals surface area contributed by atoms with E-state index in [1.807, 2.05) is 6.20 Å². The monoisotopic (exact) mass is 255 g/mol. The number of anilines is 1. The second-order valence-electron chi connectivity index (χ2n) is 4.39. The predicted octanol–water partition coefficient (Wildman–Crippen LogP) is 2.08. The van der Waals surface area contributed by atoms with Gasteiger partial charge in [-0.25, -0.2) is 4.98 Å². The van der Waals surface area contributed by atoms with E-state index in [1.54, 1.807) is 13.3 Å². The molecule has 5 heteroatoms. The molecule has 1 saturated heterocycles. The average molecular weight is 256 g/mol. The van der Waals surface area contributed by atoms with Gasteiger partial charge in [0.2, 0.25) is 0 Å². The number of aromatic nitrogens is 2. The zero-order chi connectivity index (χ0) is 12.1. The molecule has 0 spiro atoms. The summed E-state index contributed by atoms with van der Waals surface area (Å²) in [4.78, 5) is 10.9. The molecular weight excluding hydrogens is 238 g/mol. The maximum absolute atomic E-state index is 5.69. The lowest BCUT2D eigenvalue weighted by Crippen LogP contribution is -2.35. The summed E-state index contributed by atoms with van der Waals surface area (Å²) in [6, 6.07) is 0. The quantitative estimate of drug-likeness (QED) is 0.772. The fraction of sp³-hybridized carbons (Fsp3) is 0.667. The molecule has 0 unspecified atom stereocenters. The number of ether oxygens (including phenoxy) is 1. The first-order valence-corrected chi connectivity index (χ1v) is 6.47. The van der Waals surface area contributed by atoms with Crippen molar-refractivity contribution in [1.29, 1.82) is 0 Å². The highest BCUT2D eigenvalue weighted by atomic mass is 35.5. The molecule has 1 aromatic heterocycles. The van der Waals surface area contributed by atoms with Crippen LogP contribution in [0.4, 0.5) is 5.82 Å². The first-order chi connectivity index (χ1) is 8.33. The molecule has 1 fully saturated rings. The molecule has 1 aliphatic heterocycles. The van der Waals surface area contributed by atoms with E-state index >= 15 is 0 Å². The van der Waals surface area contributed by atoms with Gasteiger partial charge in [0.1, 0.15) is 5.82 Å². The lowest BCUT2D eigenvalue weighted by atomic mass is 9.98. The first kappa shape index (κ1) is 12.6. The number of hydrogen-bond donors (Lipinski definition) is 0. The number of nitrogens with zero attached hydrogens (tertiary/aromatic N) is 3. The minimum atomic E-state index is 0.420. The van der Waals surface area contributed by atoms with Crippen LogP contribution >= 0.6 is 11.6 Å². The number of hydrogen-bond acceptors (Lipinski definition) is 4. The third-order valence-corrected chi connectivity index (χ3v) is 3.44. The second kappa shape index (κ2) is 6.17. The van der Waals surface area contributed by atoms with Crippen molar-refractivity contribution < 1.29 is 4.74 Å². The van der Waals surface area contributed by atoms with Gasteiger partial charge in [0.05, 0.1) is 24.0 Å². The Morgan fingerprint density at radius 1 is 1.35 bits per heavy atom. The summed E-state index contributed by atoms with van der Waals surface area (Å²) in [6.45, 7) is 2.93. The minimum Gasteiger partial charge on any atom is -0.384 e. The van der Waals surface area contributed by atoms with Crippen LogP contribution in [0.15, 0.2) is 12.4 Å². The first-order valence-electron chi connectivity index (χ1n) is 5.94. The second-order valence-corrected chi connectivity index (χ2v) is 4.65. The summed E-state index contributed by atoms with van der Waals surface area (Å²) in [5, 5.41) is 0. The molecule has 2 rings (SSSR count). The van der Waals surface area contributed by atoms with E-state index in [2.05, 4.69) is 14.9 Å². The van der Waals surface area contributed by atoms with Crippen molar-refractivity contribution in [2.45, 2.75) is 18.7 Å².